The van der Waals surface area contributed by atoms with E-state index in [9.17, 15) is 27.0 Å². The molecule has 0 radical (unpaired) electrons. The minimum atomic E-state index is -4.24. The summed E-state index contributed by atoms with van der Waals surface area (Å²) < 4.78 is 52.6. The first-order chi connectivity index (χ1) is 13.5. The SMILES string of the molecule is N#Cc1ccc(S(=O)(=O)[C@H]2CN(S(=O)(=O)c3ccc(Cl)cn3)C[C@@]2(O)CO)cc1. The normalized spacial score (nSPS) is 23.0. The first kappa shape index (κ1) is 21.6. The van der Waals surface area contributed by atoms with Crippen molar-refractivity contribution < 1.29 is 27.0 Å². The average Bonchev–Trinajstić information content (AvgIpc) is 3.08. The summed E-state index contributed by atoms with van der Waals surface area (Å²) in [6.45, 7) is -2.17. The van der Waals surface area contributed by atoms with Crippen molar-refractivity contribution in [3.8, 4) is 6.07 Å². The summed E-state index contributed by atoms with van der Waals surface area (Å²) in [5, 5.41) is 27.5. The van der Waals surface area contributed by atoms with Crippen LogP contribution in [-0.4, -0.2) is 66.9 Å². The third-order valence-electron chi connectivity index (χ3n) is 4.68. The Labute approximate surface area is 172 Å². The number of sulfone groups is 1. The quantitative estimate of drug-likeness (QED) is 0.645. The third kappa shape index (κ3) is 3.87. The van der Waals surface area contributed by atoms with E-state index in [2.05, 4.69) is 4.98 Å². The molecule has 3 rings (SSSR count). The van der Waals surface area contributed by atoms with E-state index in [1.165, 1.54) is 30.3 Å². The standard InChI is InChI=1S/C17H16ClN3O6S2/c18-13-3-6-16(20-8-13)29(26,27)21-9-15(17(23,10-21)11-22)28(24,25)14-4-1-12(7-19)2-5-14/h1-6,8,15,22-23H,9-11H2/t15-,17+/m0/s1. The predicted molar refractivity (Wildman–Crippen MR) is 102 cm³/mol. The zero-order chi connectivity index (χ0) is 21.4. The molecule has 0 bridgehead atoms. The van der Waals surface area contributed by atoms with Crippen LogP contribution in [0.2, 0.25) is 5.02 Å². The van der Waals surface area contributed by atoms with Crippen molar-refractivity contribution in [1.82, 2.24) is 9.29 Å². The molecule has 1 aromatic heterocycles. The van der Waals surface area contributed by atoms with Crippen LogP contribution in [0.5, 0.6) is 0 Å². The monoisotopic (exact) mass is 457 g/mol. The molecule has 154 valence electrons. The summed E-state index contributed by atoms with van der Waals surface area (Å²) in [5.74, 6) is 0. The summed E-state index contributed by atoms with van der Waals surface area (Å²) in [7, 11) is -8.47. The molecule has 2 heterocycles. The summed E-state index contributed by atoms with van der Waals surface area (Å²) in [4.78, 5) is 3.55. The van der Waals surface area contributed by atoms with E-state index in [4.69, 9.17) is 16.9 Å². The lowest BCUT2D eigenvalue weighted by atomic mass is 10.1. The molecule has 1 saturated heterocycles. The van der Waals surface area contributed by atoms with Gasteiger partial charge in [0.1, 0.15) is 10.9 Å². The molecule has 0 unspecified atom stereocenters. The van der Waals surface area contributed by atoms with Crippen molar-refractivity contribution in [2.24, 2.45) is 0 Å². The van der Waals surface area contributed by atoms with E-state index < -0.39 is 50.4 Å². The molecule has 0 saturated carbocycles. The third-order valence-corrected chi connectivity index (χ3v) is 8.90. The number of β-amino-alcohol motifs (C(OH)–C–C–N with tert-alkyl or cyclic N) is 1. The fraction of sp³-hybridized carbons (Fsp3) is 0.294. The van der Waals surface area contributed by atoms with Crippen molar-refractivity contribution >= 4 is 31.5 Å². The minimum absolute atomic E-state index is 0.197. The average molecular weight is 458 g/mol. The Morgan fingerprint density at radius 3 is 2.38 bits per heavy atom. The molecule has 1 aliphatic rings. The number of aliphatic hydroxyl groups is 2. The molecule has 2 aromatic rings. The summed E-state index contributed by atoms with van der Waals surface area (Å²) in [6.07, 6.45) is 1.13. The fourth-order valence-corrected chi connectivity index (χ4v) is 6.66. The van der Waals surface area contributed by atoms with E-state index in [0.717, 1.165) is 16.6 Å². The highest BCUT2D eigenvalue weighted by atomic mass is 35.5. The number of aromatic nitrogens is 1. The van der Waals surface area contributed by atoms with Gasteiger partial charge >= 0.3 is 0 Å². The van der Waals surface area contributed by atoms with Crippen LogP contribution in [0.1, 0.15) is 5.56 Å². The molecule has 0 spiro atoms. The van der Waals surface area contributed by atoms with Crippen LogP contribution >= 0.6 is 11.6 Å². The first-order valence-electron chi connectivity index (χ1n) is 8.23. The number of benzene rings is 1. The molecule has 2 N–H and O–H groups in total. The van der Waals surface area contributed by atoms with Gasteiger partial charge < -0.3 is 10.2 Å². The molecular weight excluding hydrogens is 442 g/mol. The van der Waals surface area contributed by atoms with Crippen molar-refractivity contribution in [3.63, 3.8) is 0 Å². The smallest absolute Gasteiger partial charge is 0.260 e. The summed E-state index contributed by atoms with van der Waals surface area (Å²) >= 11 is 5.72. The molecule has 1 aliphatic heterocycles. The lowest BCUT2D eigenvalue weighted by Crippen LogP contribution is -2.49. The molecule has 2 atom stereocenters. The molecule has 0 aliphatic carbocycles. The molecular formula is C17H16ClN3O6S2. The highest BCUT2D eigenvalue weighted by Gasteiger charge is 2.55. The van der Waals surface area contributed by atoms with Crippen LogP contribution in [0.25, 0.3) is 0 Å². The molecule has 1 aromatic carbocycles. The number of hydrogen-bond acceptors (Lipinski definition) is 8. The number of halogens is 1. The molecule has 12 heteroatoms. The predicted octanol–water partition coefficient (Wildman–Crippen LogP) is 0.177. The van der Waals surface area contributed by atoms with E-state index >= 15 is 0 Å². The van der Waals surface area contributed by atoms with Crippen molar-refractivity contribution in [2.75, 3.05) is 19.7 Å². The Morgan fingerprint density at radius 1 is 1.21 bits per heavy atom. The highest BCUT2D eigenvalue weighted by Crippen LogP contribution is 2.34. The van der Waals surface area contributed by atoms with Crippen molar-refractivity contribution in [3.05, 3.63) is 53.2 Å². The Hall–Kier alpha value is -2.07. The van der Waals surface area contributed by atoms with Crippen LogP contribution < -0.4 is 0 Å². The van der Waals surface area contributed by atoms with E-state index in [1.807, 2.05) is 6.07 Å². The zero-order valence-corrected chi connectivity index (χ0v) is 17.2. The van der Waals surface area contributed by atoms with Gasteiger partial charge in [-0.25, -0.2) is 21.8 Å². The number of nitrogens with zero attached hydrogens (tertiary/aromatic N) is 3. The maximum absolute atomic E-state index is 13.1. The highest BCUT2D eigenvalue weighted by molar-refractivity contribution is 7.92. The lowest BCUT2D eigenvalue weighted by Gasteiger charge is -2.26. The minimum Gasteiger partial charge on any atom is -0.393 e. The van der Waals surface area contributed by atoms with E-state index in [1.54, 1.807) is 0 Å². The summed E-state index contributed by atoms with van der Waals surface area (Å²) in [6, 6.07) is 9.34. The van der Waals surface area contributed by atoms with Gasteiger partial charge in [-0.15, -0.1) is 0 Å². The number of hydrogen-bond donors (Lipinski definition) is 2. The van der Waals surface area contributed by atoms with Gasteiger partial charge in [0.05, 0.1) is 28.2 Å². The second-order valence-corrected chi connectivity index (χ2v) is 11.0. The van der Waals surface area contributed by atoms with Gasteiger partial charge in [0.25, 0.3) is 10.0 Å². The van der Waals surface area contributed by atoms with Crippen molar-refractivity contribution in [1.29, 1.82) is 5.26 Å². The number of pyridine rings is 1. The molecule has 29 heavy (non-hydrogen) atoms. The number of sulfonamides is 1. The van der Waals surface area contributed by atoms with E-state index in [-0.39, 0.29) is 20.5 Å². The largest absolute Gasteiger partial charge is 0.393 e. The van der Waals surface area contributed by atoms with Gasteiger partial charge in [-0.05, 0) is 36.4 Å². The van der Waals surface area contributed by atoms with Crippen LogP contribution in [0.4, 0.5) is 0 Å². The Kier molecular flexibility index (Phi) is 5.70. The van der Waals surface area contributed by atoms with Gasteiger partial charge in [0.2, 0.25) is 0 Å². The van der Waals surface area contributed by atoms with Gasteiger partial charge in [-0.1, -0.05) is 11.6 Å². The van der Waals surface area contributed by atoms with Crippen LogP contribution in [0.3, 0.4) is 0 Å². The maximum atomic E-state index is 13.1. The van der Waals surface area contributed by atoms with Crippen molar-refractivity contribution in [2.45, 2.75) is 20.8 Å². The molecule has 1 fully saturated rings. The fourth-order valence-electron chi connectivity index (χ4n) is 3.08. The number of nitriles is 1. The lowest BCUT2D eigenvalue weighted by molar-refractivity contribution is 0.00159. The van der Waals surface area contributed by atoms with Gasteiger partial charge in [0.15, 0.2) is 14.9 Å². The molecule has 0 amide bonds. The van der Waals surface area contributed by atoms with Gasteiger partial charge in [0, 0.05) is 19.3 Å². The van der Waals surface area contributed by atoms with E-state index in [0.29, 0.717) is 0 Å². The first-order valence-corrected chi connectivity index (χ1v) is 11.6. The van der Waals surface area contributed by atoms with Crippen LogP contribution in [0, 0.1) is 11.3 Å². The van der Waals surface area contributed by atoms with Gasteiger partial charge in [-0.2, -0.15) is 9.57 Å². The molecule has 9 nitrogen and oxygen atoms in total. The summed E-state index contributed by atoms with van der Waals surface area (Å²) in [5.41, 5.74) is -1.97. The maximum Gasteiger partial charge on any atom is 0.260 e. The topological polar surface area (TPSA) is 149 Å². The second kappa shape index (κ2) is 7.64. The Morgan fingerprint density at radius 2 is 1.86 bits per heavy atom. The van der Waals surface area contributed by atoms with Gasteiger partial charge in [-0.3, -0.25) is 0 Å². The number of rotatable bonds is 5. The van der Waals surface area contributed by atoms with Crippen LogP contribution in [-0.2, 0) is 19.9 Å². The second-order valence-electron chi connectivity index (χ2n) is 6.54. The number of aliphatic hydroxyl groups excluding tert-OH is 1. The van der Waals surface area contributed by atoms with Crippen LogP contribution in [0.15, 0.2) is 52.5 Å². The Bertz CT molecular complexity index is 1160. The zero-order valence-electron chi connectivity index (χ0n) is 14.8. The Balaban J connectivity index is 1.99.